The number of aliphatic hydroxyl groups excluding tert-OH is 1. The van der Waals surface area contributed by atoms with Crippen LogP contribution in [0.1, 0.15) is 5.56 Å². The Morgan fingerprint density at radius 3 is 2.85 bits per heavy atom. The highest BCUT2D eigenvalue weighted by molar-refractivity contribution is 6.42. The SMILES string of the molecule is COCC(O)CN(C)C(=O)C=Cc1cccc(Cl)c1Cl. The molecule has 4 nitrogen and oxygen atoms in total. The predicted octanol–water partition coefficient (Wildman–Crippen LogP) is 2.47. The lowest BCUT2D eigenvalue weighted by Gasteiger charge is -2.18. The fourth-order valence-corrected chi connectivity index (χ4v) is 1.96. The van der Waals surface area contributed by atoms with Crippen molar-refractivity contribution in [1.82, 2.24) is 4.90 Å². The molecule has 1 unspecified atom stereocenters. The highest BCUT2D eigenvalue weighted by Crippen LogP contribution is 2.26. The van der Waals surface area contributed by atoms with Crippen molar-refractivity contribution in [2.24, 2.45) is 0 Å². The number of methoxy groups -OCH3 is 1. The summed E-state index contributed by atoms with van der Waals surface area (Å²) in [6, 6.07) is 5.19. The van der Waals surface area contributed by atoms with E-state index in [1.807, 2.05) is 0 Å². The number of amides is 1. The van der Waals surface area contributed by atoms with E-state index >= 15 is 0 Å². The minimum Gasteiger partial charge on any atom is -0.389 e. The Labute approximate surface area is 128 Å². The number of carbonyl (C=O) groups excluding carboxylic acids is 1. The summed E-state index contributed by atoms with van der Waals surface area (Å²) in [7, 11) is 3.09. The first-order chi connectivity index (χ1) is 9.45. The van der Waals surface area contributed by atoms with Gasteiger partial charge in [-0.15, -0.1) is 0 Å². The lowest BCUT2D eigenvalue weighted by molar-refractivity contribution is -0.126. The first-order valence-electron chi connectivity index (χ1n) is 6.00. The summed E-state index contributed by atoms with van der Waals surface area (Å²) in [6.45, 7) is 0.377. The second-order valence-corrected chi connectivity index (χ2v) is 5.09. The number of ether oxygens (including phenoxy) is 1. The molecule has 0 saturated carbocycles. The fraction of sp³-hybridized carbons (Fsp3) is 0.357. The van der Waals surface area contributed by atoms with Gasteiger partial charge in [0.2, 0.25) is 5.91 Å². The Bertz CT molecular complexity index is 491. The van der Waals surface area contributed by atoms with E-state index in [0.29, 0.717) is 15.6 Å². The van der Waals surface area contributed by atoms with Crippen molar-refractivity contribution in [3.63, 3.8) is 0 Å². The molecule has 0 aliphatic heterocycles. The molecule has 0 saturated heterocycles. The Morgan fingerprint density at radius 2 is 2.20 bits per heavy atom. The van der Waals surface area contributed by atoms with Crippen LogP contribution in [0.5, 0.6) is 0 Å². The van der Waals surface area contributed by atoms with Crippen LogP contribution in [0, 0.1) is 0 Å². The number of likely N-dealkylation sites (N-methyl/N-ethyl adjacent to an activating group) is 1. The first-order valence-corrected chi connectivity index (χ1v) is 6.75. The zero-order valence-electron chi connectivity index (χ0n) is 11.3. The summed E-state index contributed by atoms with van der Waals surface area (Å²) < 4.78 is 4.80. The van der Waals surface area contributed by atoms with Crippen LogP contribution in [0.2, 0.25) is 10.0 Å². The minimum atomic E-state index is -0.711. The number of hydrogen-bond acceptors (Lipinski definition) is 3. The van der Waals surface area contributed by atoms with Crippen LogP contribution in [0.25, 0.3) is 6.08 Å². The van der Waals surface area contributed by atoms with Gasteiger partial charge in [-0.25, -0.2) is 0 Å². The molecule has 0 spiro atoms. The molecule has 110 valence electrons. The van der Waals surface area contributed by atoms with Crippen molar-refractivity contribution in [2.45, 2.75) is 6.10 Å². The molecule has 1 aromatic rings. The normalized spacial score (nSPS) is 12.7. The Morgan fingerprint density at radius 1 is 1.50 bits per heavy atom. The summed E-state index contributed by atoms with van der Waals surface area (Å²) in [5, 5.41) is 10.4. The largest absolute Gasteiger partial charge is 0.389 e. The highest BCUT2D eigenvalue weighted by Gasteiger charge is 2.11. The molecule has 0 fully saturated rings. The van der Waals surface area contributed by atoms with Gasteiger partial charge < -0.3 is 14.7 Å². The van der Waals surface area contributed by atoms with Crippen molar-refractivity contribution in [3.05, 3.63) is 39.9 Å². The molecular formula is C14H17Cl2NO3. The topological polar surface area (TPSA) is 49.8 Å². The molecule has 1 amide bonds. The maximum atomic E-state index is 11.9. The average molecular weight is 318 g/mol. The number of carbonyl (C=O) groups is 1. The molecule has 1 atom stereocenters. The van der Waals surface area contributed by atoms with E-state index in [1.54, 1.807) is 31.3 Å². The van der Waals surface area contributed by atoms with Gasteiger partial charge in [0, 0.05) is 26.8 Å². The van der Waals surface area contributed by atoms with Crippen LogP contribution in [0.4, 0.5) is 0 Å². The number of hydrogen-bond donors (Lipinski definition) is 1. The van der Waals surface area contributed by atoms with E-state index in [1.165, 1.54) is 18.1 Å². The van der Waals surface area contributed by atoms with Gasteiger partial charge in [-0.1, -0.05) is 35.3 Å². The van der Waals surface area contributed by atoms with Crippen molar-refractivity contribution >= 4 is 35.2 Å². The number of nitrogens with zero attached hydrogens (tertiary/aromatic N) is 1. The van der Waals surface area contributed by atoms with E-state index < -0.39 is 6.10 Å². The smallest absolute Gasteiger partial charge is 0.246 e. The van der Waals surface area contributed by atoms with Gasteiger partial charge in [0.1, 0.15) is 0 Å². The molecular weight excluding hydrogens is 301 g/mol. The molecule has 0 radical (unpaired) electrons. The zero-order valence-corrected chi connectivity index (χ0v) is 12.9. The Kier molecular flexibility index (Phi) is 7.02. The fourth-order valence-electron chi connectivity index (χ4n) is 1.59. The van der Waals surface area contributed by atoms with Crippen LogP contribution >= 0.6 is 23.2 Å². The van der Waals surface area contributed by atoms with Gasteiger partial charge in [0.15, 0.2) is 0 Å². The van der Waals surface area contributed by atoms with Crippen molar-refractivity contribution in [3.8, 4) is 0 Å². The van der Waals surface area contributed by atoms with E-state index in [0.717, 1.165) is 0 Å². The lowest BCUT2D eigenvalue weighted by atomic mass is 10.2. The number of halogens is 2. The molecule has 0 aliphatic rings. The molecule has 0 heterocycles. The van der Waals surface area contributed by atoms with E-state index in [-0.39, 0.29) is 19.1 Å². The lowest BCUT2D eigenvalue weighted by Crippen LogP contribution is -2.35. The van der Waals surface area contributed by atoms with Crippen molar-refractivity contribution < 1.29 is 14.6 Å². The standard InChI is InChI=1S/C14H17Cl2NO3/c1-17(8-11(18)9-20-2)13(19)7-6-10-4-3-5-12(15)14(10)16/h3-7,11,18H,8-9H2,1-2H3. The summed E-state index contributed by atoms with van der Waals surface area (Å²) in [5.74, 6) is -0.240. The molecule has 20 heavy (non-hydrogen) atoms. The monoisotopic (exact) mass is 317 g/mol. The Balaban J connectivity index is 2.65. The van der Waals surface area contributed by atoms with E-state index in [9.17, 15) is 9.90 Å². The van der Waals surface area contributed by atoms with Crippen molar-refractivity contribution in [2.75, 3.05) is 27.3 Å². The number of benzene rings is 1. The average Bonchev–Trinajstić information content (AvgIpc) is 2.40. The summed E-state index contributed by atoms with van der Waals surface area (Å²) >= 11 is 11.9. The van der Waals surface area contributed by atoms with Gasteiger partial charge in [0.25, 0.3) is 0 Å². The first kappa shape index (κ1) is 17.0. The number of rotatable bonds is 6. The minimum absolute atomic E-state index is 0.182. The second kappa shape index (κ2) is 8.27. The van der Waals surface area contributed by atoms with Gasteiger partial charge in [-0.3, -0.25) is 4.79 Å². The molecule has 1 N–H and O–H groups in total. The highest BCUT2D eigenvalue weighted by atomic mass is 35.5. The van der Waals surface area contributed by atoms with Gasteiger partial charge in [0.05, 0.1) is 22.8 Å². The van der Waals surface area contributed by atoms with E-state index in [2.05, 4.69) is 0 Å². The summed E-state index contributed by atoms with van der Waals surface area (Å²) in [5.41, 5.74) is 0.665. The molecule has 1 aromatic carbocycles. The van der Waals surface area contributed by atoms with Crippen LogP contribution in [0.15, 0.2) is 24.3 Å². The molecule has 0 aromatic heterocycles. The Hall–Kier alpha value is -1.07. The quantitative estimate of drug-likeness (QED) is 0.820. The molecule has 0 aliphatic carbocycles. The van der Waals surface area contributed by atoms with Crippen LogP contribution < -0.4 is 0 Å². The molecule has 6 heteroatoms. The van der Waals surface area contributed by atoms with Crippen LogP contribution in [-0.2, 0) is 9.53 Å². The summed E-state index contributed by atoms with van der Waals surface area (Å²) in [4.78, 5) is 13.3. The summed E-state index contributed by atoms with van der Waals surface area (Å²) in [6.07, 6.45) is 2.27. The molecule has 1 rings (SSSR count). The van der Waals surface area contributed by atoms with Crippen molar-refractivity contribution in [1.29, 1.82) is 0 Å². The maximum Gasteiger partial charge on any atom is 0.246 e. The third-order valence-corrected chi connectivity index (χ3v) is 3.44. The number of aliphatic hydroxyl groups is 1. The third kappa shape index (κ3) is 5.13. The predicted molar refractivity (Wildman–Crippen MR) is 81.0 cm³/mol. The van der Waals surface area contributed by atoms with E-state index in [4.69, 9.17) is 27.9 Å². The maximum absolute atomic E-state index is 11.9. The molecule has 0 bridgehead atoms. The van der Waals surface area contributed by atoms with Crippen LogP contribution in [0.3, 0.4) is 0 Å². The van der Waals surface area contributed by atoms with Gasteiger partial charge >= 0.3 is 0 Å². The van der Waals surface area contributed by atoms with Gasteiger partial charge in [-0.2, -0.15) is 0 Å². The zero-order chi connectivity index (χ0) is 15.1. The van der Waals surface area contributed by atoms with Gasteiger partial charge in [-0.05, 0) is 17.7 Å². The second-order valence-electron chi connectivity index (χ2n) is 4.30. The third-order valence-electron chi connectivity index (χ3n) is 2.61. The van der Waals surface area contributed by atoms with Crippen LogP contribution in [-0.4, -0.2) is 49.3 Å².